The van der Waals surface area contributed by atoms with Crippen LogP contribution in [-0.2, 0) is 19.1 Å². The number of rotatable bonds is 10. The van der Waals surface area contributed by atoms with Gasteiger partial charge in [0.05, 0.1) is 5.92 Å². The van der Waals surface area contributed by atoms with E-state index >= 15 is 0 Å². The average molecular weight is 507 g/mol. The molecule has 200 valence electrons. The molecule has 0 heterocycles. The van der Waals surface area contributed by atoms with Gasteiger partial charge in [-0.2, -0.15) is 0 Å². The van der Waals surface area contributed by atoms with E-state index in [1.54, 1.807) is 0 Å². The van der Waals surface area contributed by atoms with Crippen LogP contribution in [0.3, 0.4) is 0 Å². The second-order valence-electron chi connectivity index (χ2n) is 12.7. The molecule has 1 rings (SSSR count). The fourth-order valence-electron chi connectivity index (χ4n) is 4.13. The Bertz CT molecular complexity index is 827. The Morgan fingerprint density at radius 3 is 1.63 bits per heavy atom. The molecule has 1 aromatic rings. The molecule has 0 radical (unpaired) electrons. The van der Waals surface area contributed by atoms with Crippen molar-refractivity contribution in [2.24, 2.45) is 5.92 Å². The predicted octanol–water partition coefficient (Wildman–Crippen LogP) is 7.87. The highest BCUT2D eigenvalue weighted by molar-refractivity contribution is 7.65. The molecule has 2 atom stereocenters. The van der Waals surface area contributed by atoms with Crippen molar-refractivity contribution in [3.8, 4) is 0 Å². The second kappa shape index (κ2) is 12.7. The maximum atomic E-state index is 13.2. The number of carbonyl (C=O) groups excluding carboxylic acids is 2. The lowest BCUT2D eigenvalue weighted by atomic mass is 9.89. The molecule has 0 N–H and O–H groups in total. The van der Waals surface area contributed by atoms with Crippen LogP contribution < -0.4 is 5.30 Å². The monoisotopic (exact) mass is 506 g/mol. The van der Waals surface area contributed by atoms with Crippen molar-refractivity contribution in [2.45, 2.75) is 125 Å². The van der Waals surface area contributed by atoms with Crippen LogP contribution in [0.2, 0.25) is 0 Å². The van der Waals surface area contributed by atoms with Gasteiger partial charge in [-0.15, -0.1) is 0 Å². The highest BCUT2D eigenvalue weighted by atomic mass is 31.1. The summed E-state index contributed by atoms with van der Waals surface area (Å²) in [7, 11) is -0.638. The highest BCUT2D eigenvalue weighted by Crippen LogP contribution is 2.41. The summed E-state index contributed by atoms with van der Waals surface area (Å²) in [5.74, 6) is 0.429. The molecule has 5 heteroatoms. The van der Waals surface area contributed by atoms with Crippen LogP contribution in [0, 0.1) is 5.92 Å². The molecule has 1 aromatic carbocycles. The number of hydrogen-bond donors (Lipinski definition) is 0. The smallest absolute Gasteiger partial charge is 0.309 e. The molecule has 2 unspecified atom stereocenters. The van der Waals surface area contributed by atoms with Gasteiger partial charge in [0.15, 0.2) is 0 Å². The van der Waals surface area contributed by atoms with Crippen molar-refractivity contribution in [3.05, 3.63) is 28.8 Å². The first-order valence-corrected chi connectivity index (χ1v) is 15.1. The van der Waals surface area contributed by atoms with Gasteiger partial charge in [0.1, 0.15) is 11.2 Å². The van der Waals surface area contributed by atoms with E-state index in [1.165, 1.54) is 22.0 Å². The van der Waals surface area contributed by atoms with Gasteiger partial charge in [0, 0.05) is 6.42 Å². The molecule has 35 heavy (non-hydrogen) atoms. The SMILES string of the molecule is CC(C)c1cc(C(C)C)c(P(C)CC(CCC(=O)OC(C)(C)C)C(=O)OC(C)(C)C)c(C(C)C)c1. The van der Waals surface area contributed by atoms with Gasteiger partial charge in [-0.1, -0.05) is 61.6 Å². The van der Waals surface area contributed by atoms with Crippen molar-refractivity contribution in [3.63, 3.8) is 0 Å². The van der Waals surface area contributed by atoms with Crippen LogP contribution >= 0.6 is 7.92 Å². The number of hydrogen-bond acceptors (Lipinski definition) is 4. The second-order valence-corrected chi connectivity index (χ2v) is 15.0. The van der Waals surface area contributed by atoms with E-state index in [0.29, 0.717) is 30.3 Å². The predicted molar refractivity (Wildman–Crippen MR) is 150 cm³/mol. The van der Waals surface area contributed by atoms with Gasteiger partial charge in [-0.05, 0) is 101 Å². The van der Waals surface area contributed by atoms with E-state index in [4.69, 9.17) is 9.47 Å². The summed E-state index contributed by atoms with van der Waals surface area (Å²) in [6, 6.07) is 4.75. The molecule has 4 nitrogen and oxygen atoms in total. The quantitative estimate of drug-likeness (QED) is 0.239. The lowest BCUT2D eigenvalue weighted by Gasteiger charge is -2.30. The summed E-state index contributed by atoms with van der Waals surface area (Å²) < 4.78 is 11.3. The Labute approximate surface area is 216 Å². The van der Waals surface area contributed by atoms with Crippen molar-refractivity contribution in [1.82, 2.24) is 0 Å². The van der Waals surface area contributed by atoms with E-state index in [0.717, 1.165) is 0 Å². The van der Waals surface area contributed by atoms with Gasteiger partial charge >= 0.3 is 11.9 Å². The third-order valence-electron chi connectivity index (χ3n) is 5.83. The maximum absolute atomic E-state index is 13.2. The van der Waals surface area contributed by atoms with Crippen LogP contribution in [0.1, 0.15) is 130 Å². The number of ether oxygens (including phenoxy) is 2. The number of esters is 2. The molecule has 0 aliphatic rings. The molecule has 0 amide bonds. The minimum Gasteiger partial charge on any atom is -0.460 e. The Balaban J connectivity index is 3.36. The first kappa shape index (κ1) is 31.6. The van der Waals surface area contributed by atoms with Gasteiger partial charge in [-0.3, -0.25) is 9.59 Å². The summed E-state index contributed by atoms with van der Waals surface area (Å²) >= 11 is 0. The maximum Gasteiger partial charge on any atom is 0.309 e. The molecule has 0 fully saturated rings. The molecule has 0 saturated heterocycles. The largest absolute Gasteiger partial charge is 0.460 e. The molecule has 0 bridgehead atoms. The third-order valence-corrected chi connectivity index (χ3v) is 8.10. The zero-order valence-electron chi connectivity index (χ0n) is 24.7. The summed E-state index contributed by atoms with van der Waals surface area (Å²) in [6.07, 6.45) is 1.35. The lowest BCUT2D eigenvalue weighted by molar-refractivity contribution is -0.160. The normalized spacial score (nSPS) is 14.4. The van der Waals surface area contributed by atoms with Crippen molar-refractivity contribution < 1.29 is 19.1 Å². The summed E-state index contributed by atoms with van der Waals surface area (Å²) in [6.45, 7) is 27.1. The van der Waals surface area contributed by atoms with Gasteiger partial charge in [-0.25, -0.2) is 0 Å². The highest BCUT2D eigenvalue weighted by Gasteiger charge is 2.30. The molecule has 0 saturated carbocycles. The Hall–Kier alpha value is -1.41. The van der Waals surface area contributed by atoms with Gasteiger partial charge in [0.25, 0.3) is 0 Å². The zero-order valence-corrected chi connectivity index (χ0v) is 25.6. The fourth-order valence-corrected chi connectivity index (χ4v) is 6.84. The standard InChI is InChI=1S/C30H51O4P/c1-19(2)23-16-24(20(3)4)27(25(17-23)21(5)6)35(13)18-22(28(32)34-30(10,11)12)14-15-26(31)33-29(7,8)9/h16-17,19-22H,14-15,18H2,1-13H3. The molecule has 0 aliphatic heterocycles. The Morgan fingerprint density at radius 1 is 0.800 bits per heavy atom. The van der Waals surface area contributed by atoms with E-state index in [9.17, 15) is 9.59 Å². The average Bonchev–Trinajstić information content (AvgIpc) is 2.66. The number of benzene rings is 1. The fraction of sp³-hybridized carbons (Fsp3) is 0.733. The summed E-state index contributed by atoms with van der Waals surface area (Å²) in [4.78, 5) is 25.7. The van der Waals surface area contributed by atoms with E-state index in [-0.39, 0.29) is 24.3 Å². The van der Waals surface area contributed by atoms with E-state index in [2.05, 4.69) is 60.3 Å². The van der Waals surface area contributed by atoms with Crippen LogP contribution in [0.25, 0.3) is 0 Å². The van der Waals surface area contributed by atoms with E-state index < -0.39 is 19.1 Å². The van der Waals surface area contributed by atoms with Gasteiger partial charge < -0.3 is 9.47 Å². The topological polar surface area (TPSA) is 52.6 Å². The first-order chi connectivity index (χ1) is 15.8. The van der Waals surface area contributed by atoms with E-state index in [1.807, 2.05) is 41.5 Å². The van der Waals surface area contributed by atoms with Crippen LogP contribution in [-0.4, -0.2) is 36.0 Å². The Kier molecular flexibility index (Phi) is 11.5. The van der Waals surface area contributed by atoms with Gasteiger partial charge in [0.2, 0.25) is 0 Å². The third kappa shape index (κ3) is 10.6. The molecular weight excluding hydrogens is 455 g/mol. The number of carbonyl (C=O) groups is 2. The zero-order chi connectivity index (χ0) is 27.3. The van der Waals surface area contributed by atoms with Crippen LogP contribution in [0.5, 0.6) is 0 Å². The lowest BCUT2D eigenvalue weighted by Crippen LogP contribution is -2.32. The van der Waals surface area contributed by atoms with Crippen LogP contribution in [0.15, 0.2) is 12.1 Å². The molecule has 0 spiro atoms. The minimum atomic E-state index is -0.638. The summed E-state index contributed by atoms with van der Waals surface area (Å²) in [5, 5.41) is 1.42. The van der Waals surface area contributed by atoms with Crippen molar-refractivity contribution in [2.75, 3.05) is 12.8 Å². The van der Waals surface area contributed by atoms with Crippen molar-refractivity contribution >= 4 is 25.2 Å². The Morgan fingerprint density at radius 2 is 1.26 bits per heavy atom. The summed E-state index contributed by atoms with van der Waals surface area (Å²) in [5.41, 5.74) is 3.06. The minimum absolute atomic E-state index is 0.213. The molecular formula is C30H51O4P. The molecule has 0 aromatic heterocycles. The molecule has 0 aliphatic carbocycles. The first-order valence-electron chi connectivity index (χ1n) is 13.2. The van der Waals surface area contributed by atoms with Crippen molar-refractivity contribution in [1.29, 1.82) is 0 Å². The van der Waals surface area contributed by atoms with Crippen LogP contribution in [0.4, 0.5) is 0 Å².